The van der Waals surface area contributed by atoms with E-state index in [4.69, 9.17) is 0 Å². The molecule has 0 spiro atoms. The molecule has 10 nitrogen and oxygen atoms in total. The van der Waals surface area contributed by atoms with E-state index < -0.39 is 0 Å². The summed E-state index contributed by atoms with van der Waals surface area (Å²) in [6.45, 7) is 7.43. The van der Waals surface area contributed by atoms with Crippen molar-refractivity contribution in [1.29, 1.82) is 0 Å². The smallest absolute Gasteiger partial charge is 0.337 e. The van der Waals surface area contributed by atoms with Crippen molar-refractivity contribution in [2.75, 3.05) is 26.2 Å². The van der Waals surface area contributed by atoms with Crippen molar-refractivity contribution < 1.29 is 4.79 Å². The lowest BCUT2D eigenvalue weighted by atomic mass is 9.94. The molecule has 188 valence electrons. The Morgan fingerprint density at radius 2 is 1.80 bits per heavy atom. The Labute approximate surface area is 205 Å². The molecule has 1 saturated heterocycles. The predicted molar refractivity (Wildman–Crippen MR) is 133 cm³/mol. The Morgan fingerprint density at radius 3 is 2.46 bits per heavy atom. The number of fused-ring (bicyclic) bond motifs is 1. The van der Waals surface area contributed by atoms with Gasteiger partial charge in [0.05, 0.1) is 17.1 Å². The summed E-state index contributed by atoms with van der Waals surface area (Å²) >= 11 is 0. The van der Waals surface area contributed by atoms with Gasteiger partial charge in [-0.2, -0.15) is 4.80 Å². The monoisotopic (exact) mass is 480 g/mol. The number of para-hydroxylation sites is 2. The lowest BCUT2D eigenvalue weighted by molar-refractivity contribution is 0.128. The van der Waals surface area contributed by atoms with Gasteiger partial charge in [-0.3, -0.25) is 4.57 Å². The molecular formula is C25H36N8O2. The Balaban J connectivity index is 1.18. The Hall–Kier alpha value is -3.01. The van der Waals surface area contributed by atoms with E-state index in [0.29, 0.717) is 23.9 Å². The molecule has 1 aliphatic carbocycles. The first-order valence-electron chi connectivity index (χ1n) is 13.0. The number of imidazole rings is 1. The number of likely N-dealkylation sites (tertiary alicyclic amines) is 1. The molecule has 5 rings (SSSR count). The summed E-state index contributed by atoms with van der Waals surface area (Å²) < 4.78 is 2.96. The molecule has 1 amide bonds. The minimum atomic E-state index is -0.341. The highest BCUT2D eigenvalue weighted by Gasteiger charge is 2.31. The molecule has 1 N–H and O–H groups in total. The molecule has 1 unspecified atom stereocenters. The highest BCUT2D eigenvalue weighted by molar-refractivity contribution is 5.89. The van der Waals surface area contributed by atoms with E-state index in [1.54, 1.807) is 4.57 Å². The van der Waals surface area contributed by atoms with Crippen LogP contribution in [0, 0.1) is 11.8 Å². The van der Waals surface area contributed by atoms with Gasteiger partial charge in [-0.25, -0.2) is 14.2 Å². The van der Waals surface area contributed by atoms with Gasteiger partial charge >= 0.3 is 11.7 Å². The summed E-state index contributed by atoms with van der Waals surface area (Å²) in [6, 6.07) is 7.40. The number of carbonyl (C=O) groups excluding carboxylic acids is 1. The molecule has 3 heterocycles. The number of rotatable bonds is 7. The summed E-state index contributed by atoms with van der Waals surface area (Å²) in [5.74, 6) is 1.02. The van der Waals surface area contributed by atoms with Crippen LogP contribution in [0.3, 0.4) is 0 Å². The molecule has 1 aliphatic heterocycles. The van der Waals surface area contributed by atoms with Crippen LogP contribution in [0.5, 0.6) is 0 Å². The zero-order valence-electron chi connectivity index (χ0n) is 20.7. The number of hydrogen-bond donors (Lipinski definition) is 1. The third-order valence-corrected chi connectivity index (χ3v) is 7.80. The van der Waals surface area contributed by atoms with Crippen LogP contribution in [0.2, 0.25) is 0 Å². The second-order valence-corrected chi connectivity index (χ2v) is 10.4. The van der Waals surface area contributed by atoms with Crippen LogP contribution in [0.25, 0.3) is 11.0 Å². The van der Waals surface area contributed by atoms with Crippen molar-refractivity contribution in [3.05, 3.63) is 41.1 Å². The SMILES string of the molecule is CC(C)n1c(=O)n(C(=O)NCC2CCN(CC(C3CCCC3)n3ncnn3)CC2)c2ccccc21. The largest absolute Gasteiger partial charge is 0.337 e. The predicted octanol–water partition coefficient (Wildman–Crippen LogP) is 3.07. The molecule has 1 atom stereocenters. The van der Waals surface area contributed by atoms with E-state index in [9.17, 15) is 9.59 Å². The lowest BCUT2D eigenvalue weighted by Crippen LogP contribution is -2.44. The van der Waals surface area contributed by atoms with Crippen molar-refractivity contribution in [2.24, 2.45) is 11.8 Å². The second kappa shape index (κ2) is 10.3. The quantitative estimate of drug-likeness (QED) is 0.558. The number of aromatic nitrogens is 6. The highest BCUT2D eigenvalue weighted by atomic mass is 16.2. The Morgan fingerprint density at radius 1 is 1.09 bits per heavy atom. The fraction of sp³-hybridized carbons (Fsp3) is 0.640. The standard InChI is InChI=1S/C25H36N8O2/c1-18(2)31-21-9-5-6-10-22(21)32(25(31)35)24(34)26-15-19-11-13-30(14-12-19)16-23(20-7-3-4-8-20)33-28-17-27-29-33/h5-6,9-10,17-20,23H,3-4,7-8,11-16H2,1-2H3,(H,26,34). The van der Waals surface area contributed by atoms with E-state index >= 15 is 0 Å². The van der Waals surface area contributed by atoms with Crippen LogP contribution in [0.1, 0.15) is 64.5 Å². The van der Waals surface area contributed by atoms with Crippen LogP contribution >= 0.6 is 0 Å². The molecular weight excluding hydrogens is 444 g/mol. The molecule has 3 aromatic rings. The van der Waals surface area contributed by atoms with Crippen LogP contribution < -0.4 is 11.0 Å². The number of carbonyl (C=O) groups is 1. The number of nitrogens with one attached hydrogen (secondary N) is 1. The first kappa shape index (κ1) is 23.7. The van der Waals surface area contributed by atoms with Crippen molar-refractivity contribution in [1.82, 2.24) is 39.6 Å². The van der Waals surface area contributed by atoms with Crippen molar-refractivity contribution in [2.45, 2.75) is 64.5 Å². The minimum absolute atomic E-state index is 0.0217. The molecule has 0 bridgehead atoms. The maximum Gasteiger partial charge on any atom is 0.337 e. The molecule has 2 fully saturated rings. The summed E-state index contributed by atoms with van der Waals surface area (Å²) in [4.78, 5) is 30.4. The van der Waals surface area contributed by atoms with Crippen LogP contribution in [-0.4, -0.2) is 66.5 Å². The van der Waals surface area contributed by atoms with Gasteiger partial charge < -0.3 is 10.2 Å². The second-order valence-electron chi connectivity index (χ2n) is 10.4. The van der Waals surface area contributed by atoms with Gasteiger partial charge in [0.15, 0.2) is 6.33 Å². The van der Waals surface area contributed by atoms with Crippen molar-refractivity contribution in [3.8, 4) is 0 Å². The van der Waals surface area contributed by atoms with Gasteiger partial charge in [-0.15, -0.1) is 10.2 Å². The summed E-state index contributed by atoms with van der Waals surface area (Å²) in [6.07, 6.45) is 8.62. The molecule has 1 saturated carbocycles. The zero-order chi connectivity index (χ0) is 24.4. The Kier molecular flexibility index (Phi) is 6.99. The third kappa shape index (κ3) is 4.89. The van der Waals surface area contributed by atoms with E-state index in [1.165, 1.54) is 36.6 Å². The molecule has 35 heavy (non-hydrogen) atoms. The van der Waals surface area contributed by atoms with Crippen molar-refractivity contribution in [3.63, 3.8) is 0 Å². The number of piperidine rings is 1. The van der Waals surface area contributed by atoms with E-state index in [1.807, 2.05) is 42.9 Å². The van der Waals surface area contributed by atoms with E-state index in [0.717, 1.165) is 38.0 Å². The Bertz CT molecular complexity index is 1180. The summed E-state index contributed by atoms with van der Waals surface area (Å²) in [7, 11) is 0. The zero-order valence-corrected chi connectivity index (χ0v) is 20.7. The lowest BCUT2D eigenvalue weighted by Gasteiger charge is -2.35. The van der Waals surface area contributed by atoms with E-state index in [2.05, 4.69) is 25.6 Å². The van der Waals surface area contributed by atoms with Gasteiger partial charge in [-0.05, 0) is 81.8 Å². The molecule has 1 aromatic carbocycles. The number of nitrogens with zero attached hydrogens (tertiary/aromatic N) is 7. The van der Waals surface area contributed by atoms with Crippen molar-refractivity contribution >= 4 is 17.1 Å². The average molecular weight is 481 g/mol. The number of hydrogen-bond acceptors (Lipinski definition) is 6. The fourth-order valence-electron chi connectivity index (χ4n) is 5.89. The number of amides is 1. The summed E-state index contributed by atoms with van der Waals surface area (Å²) in [5, 5.41) is 15.5. The van der Waals surface area contributed by atoms with Crippen LogP contribution in [0.15, 0.2) is 35.4 Å². The number of benzene rings is 1. The van der Waals surface area contributed by atoms with Gasteiger partial charge in [0, 0.05) is 19.1 Å². The van der Waals surface area contributed by atoms with Gasteiger partial charge in [-0.1, -0.05) is 25.0 Å². The van der Waals surface area contributed by atoms with Crippen LogP contribution in [-0.2, 0) is 0 Å². The van der Waals surface area contributed by atoms with Gasteiger partial charge in [0.1, 0.15) is 0 Å². The average Bonchev–Trinajstić information content (AvgIpc) is 3.62. The first-order chi connectivity index (χ1) is 17.0. The summed E-state index contributed by atoms with van der Waals surface area (Å²) in [5.41, 5.74) is 1.15. The number of tetrazole rings is 1. The fourth-order valence-corrected chi connectivity index (χ4v) is 5.89. The molecule has 2 aromatic heterocycles. The molecule has 2 aliphatic rings. The maximum atomic E-state index is 13.1. The first-order valence-corrected chi connectivity index (χ1v) is 13.0. The highest BCUT2D eigenvalue weighted by Crippen LogP contribution is 2.34. The van der Waals surface area contributed by atoms with Crippen LogP contribution in [0.4, 0.5) is 4.79 Å². The van der Waals surface area contributed by atoms with Gasteiger partial charge in [0.2, 0.25) is 0 Å². The topological polar surface area (TPSA) is 103 Å². The molecule has 10 heteroatoms. The normalized spacial score (nSPS) is 19.1. The molecule has 0 radical (unpaired) electrons. The van der Waals surface area contributed by atoms with Gasteiger partial charge in [0.25, 0.3) is 0 Å². The maximum absolute atomic E-state index is 13.1. The van der Waals surface area contributed by atoms with E-state index in [-0.39, 0.29) is 23.8 Å². The third-order valence-electron chi connectivity index (χ3n) is 7.80. The minimum Gasteiger partial charge on any atom is -0.337 e.